The normalized spacial score (nSPS) is 13.6. The van der Waals surface area contributed by atoms with E-state index in [0.29, 0.717) is 26.4 Å². The van der Waals surface area contributed by atoms with Crippen molar-refractivity contribution in [3.63, 3.8) is 0 Å². The van der Waals surface area contributed by atoms with Gasteiger partial charge in [0.1, 0.15) is 0 Å². The van der Waals surface area contributed by atoms with Gasteiger partial charge in [-0.1, -0.05) is 39.8 Å². The molecule has 0 aliphatic rings. The smallest absolute Gasteiger partial charge is 0.328 e. The maximum Gasteiger partial charge on any atom is 0.347 e. The Kier molecular flexibility index (Phi) is 13.5. The molecule has 0 fully saturated rings. The van der Waals surface area contributed by atoms with E-state index in [4.69, 9.17) is 29.9 Å². The molecule has 9 heteroatoms. The summed E-state index contributed by atoms with van der Waals surface area (Å²) in [5.41, 5.74) is 0.786. The average molecular weight is 483 g/mol. The maximum absolute atomic E-state index is 14.1. The van der Waals surface area contributed by atoms with Crippen LogP contribution in [0.15, 0.2) is 29.2 Å². The molecule has 0 N–H and O–H groups in total. The van der Waals surface area contributed by atoms with E-state index in [1.54, 1.807) is 11.8 Å². The molecular formula is C20H36O5P2S2. The van der Waals surface area contributed by atoms with Crippen LogP contribution in [-0.2, 0) is 34.5 Å². The Morgan fingerprint density at radius 3 is 1.62 bits per heavy atom. The van der Waals surface area contributed by atoms with Crippen LogP contribution in [0.5, 0.6) is 0 Å². The monoisotopic (exact) mass is 482 g/mol. The van der Waals surface area contributed by atoms with Crippen LogP contribution in [0.2, 0.25) is 0 Å². The van der Waals surface area contributed by atoms with E-state index in [0.717, 1.165) is 36.1 Å². The Labute approximate surface area is 186 Å². The zero-order valence-corrected chi connectivity index (χ0v) is 21.7. The van der Waals surface area contributed by atoms with Gasteiger partial charge in [0, 0.05) is 4.90 Å². The van der Waals surface area contributed by atoms with Crippen molar-refractivity contribution in [2.45, 2.75) is 63.7 Å². The molecule has 1 aromatic carbocycles. The molecule has 0 heterocycles. The first kappa shape index (κ1) is 27.3. The molecule has 0 bridgehead atoms. The van der Waals surface area contributed by atoms with E-state index >= 15 is 0 Å². The number of thioether (sulfide) groups is 1. The predicted molar refractivity (Wildman–Crippen MR) is 128 cm³/mol. The van der Waals surface area contributed by atoms with Gasteiger partial charge in [0.25, 0.3) is 0 Å². The summed E-state index contributed by atoms with van der Waals surface area (Å²) in [6.45, 7) is 6.54. The largest absolute Gasteiger partial charge is 0.347 e. The Hall–Kier alpha value is 0.290. The summed E-state index contributed by atoms with van der Waals surface area (Å²) in [6, 6.07) is 7.88. The minimum absolute atomic E-state index is 0.331. The standard InChI is InChI=1S/C20H36O5P2S2/c1-6-14-22-26(21,23-15-7-2)20(18-10-12-19(29-5)13-11-18)27(28,24-16-8-3)25-17-9-4/h10-13,20H,6-9,14-17H2,1-5H3. The van der Waals surface area contributed by atoms with Crippen LogP contribution in [0.25, 0.3) is 0 Å². The van der Waals surface area contributed by atoms with E-state index in [2.05, 4.69) is 0 Å². The molecule has 1 atom stereocenters. The van der Waals surface area contributed by atoms with Gasteiger partial charge in [0.2, 0.25) is 6.49 Å². The van der Waals surface area contributed by atoms with E-state index in [1.165, 1.54) is 0 Å². The van der Waals surface area contributed by atoms with Crippen LogP contribution in [0.1, 0.15) is 64.3 Å². The summed E-state index contributed by atoms with van der Waals surface area (Å²) >= 11 is 7.62. The quantitative estimate of drug-likeness (QED) is 0.177. The molecule has 0 aliphatic carbocycles. The molecule has 1 aromatic rings. The lowest BCUT2D eigenvalue weighted by molar-refractivity contribution is 0.195. The van der Waals surface area contributed by atoms with Crippen molar-refractivity contribution in [3.8, 4) is 0 Å². The lowest BCUT2D eigenvalue weighted by atomic mass is 10.2. The first-order chi connectivity index (χ1) is 13.9. The van der Waals surface area contributed by atoms with Gasteiger partial charge in [0.05, 0.1) is 26.4 Å². The number of hydrogen-bond acceptors (Lipinski definition) is 7. The molecule has 1 rings (SSSR count). The molecule has 0 radical (unpaired) electrons. The highest BCUT2D eigenvalue weighted by molar-refractivity contribution is 8.12. The lowest BCUT2D eigenvalue weighted by Gasteiger charge is -2.35. The third-order valence-electron chi connectivity index (χ3n) is 3.91. The van der Waals surface area contributed by atoms with Crippen molar-refractivity contribution < 1.29 is 22.7 Å². The van der Waals surface area contributed by atoms with Gasteiger partial charge in [-0.05, 0) is 61.4 Å². The minimum atomic E-state index is -3.62. The Bertz CT molecular complexity index is 611. The minimum Gasteiger partial charge on any atom is -0.328 e. The average Bonchev–Trinajstić information content (AvgIpc) is 2.74. The summed E-state index contributed by atoms with van der Waals surface area (Å²) in [5, 5.41) is -0.753. The highest BCUT2D eigenvalue weighted by Gasteiger charge is 2.48. The third kappa shape index (κ3) is 8.38. The second kappa shape index (κ2) is 14.4. The van der Waals surface area contributed by atoms with Crippen LogP contribution in [-0.4, -0.2) is 32.7 Å². The van der Waals surface area contributed by atoms with Crippen molar-refractivity contribution in [2.75, 3.05) is 32.7 Å². The van der Waals surface area contributed by atoms with Crippen molar-refractivity contribution in [1.29, 1.82) is 0 Å². The van der Waals surface area contributed by atoms with Crippen LogP contribution in [0, 0.1) is 0 Å². The van der Waals surface area contributed by atoms with Crippen LogP contribution in [0.4, 0.5) is 0 Å². The number of hydrogen-bond donors (Lipinski definition) is 0. The molecule has 0 saturated carbocycles. The van der Waals surface area contributed by atoms with Crippen molar-refractivity contribution in [2.24, 2.45) is 0 Å². The molecule has 0 aliphatic heterocycles. The molecular weight excluding hydrogens is 446 g/mol. The maximum atomic E-state index is 14.1. The van der Waals surface area contributed by atoms with Gasteiger partial charge in [-0.25, -0.2) is 0 Å². The molecule has 0 aromatic heterocycles. The molecule has 0 amide bonds. The van der Waals surface area contributed by atoms with E-state index in [1.807, 2.05) is 58.2 Å². The highest BCUT2D eigenvalue weighted by atomic mass is 32.5. The van der Waals surface area contributed by atoms with Gasteiger partial charge < -0.3 is 18.1 Å². The van der Waals surface area contributed by atoms with Crippen molar-refractivity contribution in [3.05, 3.63) is 29.8 Å². The molecule has 5 nitrogen and oxygen atoms in total. The van der Waals surface area contributed by atoms with Gasteiger partial charge in [-0.3, -0.25) is 4.57 Å². The summed E-state index contributed by atoms with van der Waals surface area (Å²) < 4.78 is 38.1. The number of benzene rings is 1. The van der Waals surface area contributed by atoms with Crippen molar-refractivity contribution >= 4 is 37.7 Å². The topological polar surface area (TPSA) is 54.0 Å². The fraction of sp³-hybridized carbons (Fsp3) is 0.700. The van der Waals surface area contributed by atoms with Gasteiger partial charge >= 0.3 is 7.60 Å². The van der Waals surface area contributed by atoms with Gasteiger partial charge in [0.15, 0.2) is 5.40 Å². The Morgan fingerprint density at radius 1 is 0.828 bits per heavy atom. The molecule has 29 heavy (non-hydrogen) atoms. The molecule has 0 saturated heterocycles. The van der Waals surface area contributed by atoms with E-state index in [9.17, 15) is 4.57 Å². The van der Waals surface area contributed by atoms with Crippen LogP contribution >= 0.6 is 25.8 Å². The van der Waals surface area contributed by atoms with Gasteiger partial charge in [-0.15, -0.1) is 11.8 Å². The summed E-state index contributed by atoms with van der Waals surface area (Å²) in [6.07, 6.45) is 5.06. The van der Waals surface area contributed by atoms with E-state index in [-0.39, 0.29) is 0 Å². The second-order valence-electron chi connectivity index (χ2n) is 6.56. The molecule has 0 spiro atoms. The van der Waals surface area contributed by atoms with Crippen molar-refractivity contribution in [1.82, 2.24) is 0 Å². The zero-order valence-electron chi connectivity index (χ0n) is 18.3. The Balaban J connectivity index is 3.53. The summed E-state index contributed by atoms with van der Waals surface area (Å²) in [5.74, 6) is 0. The van der Waals surface area contributed by atoms with E-state index < -0.39 is 19.5 Å². The van der Waals surface area contributed by atoms with Crippen LogP contribution in [0.3, 0.4) is 0 Å². The fourth-order valence-corrected chi connectivity index (χ4v) is 10.5. The summed E-state index contributed by atoms with van der Waals surface area (Å²) in [4.78, 5) is 1.11. The molecule has 1 unspecified atom stereocenters. The third-order valence-corrected chi connectivity index (χ3v) is 12.1. The summed E-state index contributed by atoms with van der Waals surface area (Å²) in [7, 11) is -3.62. The highest BCUT2D eigenvalue weighted by Crippen LogP contribution is 2.79. The van der Waals surface area contributed by atoms with Crippen LogP contribution < -0.4 is 0 Å². The fourth-order valence-electron chi connectivity index (χ4n) is 2.55. The SMILES string of the molecule is CCCOP(=O)(OCCC)C(c1ccc(SC)cc1)P(=S)(OCCC)OCCC. The van der Waals surface area contributed by atoms with Gasteiger partial charge in [-0.2, -0.15) is 0 Å². The Morgan fingerprint density at radius 2 is 1.24 bits per heavy atom. The zero-order chi connectivity index (χ0) is 21.8. The number of rotatable bonds is 16. The molecule has 168 valence electrons. The first-order valence-corrected chi connectivity index (χ1v) is 15.9. The first-order valence-electron chi connectivity index (χ1n) is 10.3. The predicted octanol–water partition coefficient (Wildman–Crippen LogP) is 7.62. The lowest BCUT2D eigenvalue weighted by Crippen LogP contribution is -2.13. The second-order valence-corrected chi connectivity index (χ2v) is 13.6.